The Morgan fingerprint density at radius 3 is 2.69 bits per heavy atom. The smallest absolute Gasteiger partial charge is 0.0507 e. The minimum Gasteiger partial charge on any atom is -0.312 e. The maximum Gasteiger partial charge on any atom is 0.0507 e. The van der Waals surface area contributed by atoms with Crippen LogP contribution in [0.25, 0.3) is 0 Å². The van der Waals surface area contributed by atoms with E-state index in [-0.39, 0.29) is 0 Å². The molecule has 3 heteroatoms. The van der Waals surface area contributed by atoms with Crippen molar-refractivity contribution >= 4 is 15.9 Å². The lowest BCUT2D eigenvalue weighted by Crippen LogP contribution is -2.37. The van der Waals surface area contributed by atoms with Gasteiger partial charge in [-0.25, -0.2) is 0 Å². The Bertz CT molecular complexity index is 346. The average Bonchev–Trinajstić information content (AvgIpc) is 2.74. The summed E-state index contributed by atoms with van der Waals surface area (Å²) in [4.78, 5) is 2.31. The monoisotopic (exact) mass is 282 g/mol. The van der Waals surface area contributed by atoms with E-state index in [2.05, 4.69) is 64.5 Å². The van der Waals surface area contributed by atoms with E-state index in [1.807, 2.05) is 0 Å². The third kappa shape index (κ3) is 2.47. The summed E-state index contributed by atoms with van der Waals surface area (Å²) < 4.78 is 1.21. The van der Waals surface area contributed by atoms with Crippen LogP contribution >= 0.6 is 15.9 Å². The number of nitrogens with one attached hydrogen (secondary N) is 1. The Morgan fingerprint density at radius 1 is 1.38 bits per heavy atom. The van der Waals surface area contributed by atoms with Crippen molar-refractivity contribution in [3.63, 3.8) is 0 Å². The molecule has 1 aromatic rings. The van der Waals surface area contributed by atoms with E-state index in [0.717, 1.165) is 6.54 Å². The highest BCUT2D eigenvalue weighted by molar-refractivity contribution is 9.10. The summed E-state index contributed by atoms with van der Waals surface area (Å²) >= 11 is 3.66. The van der Waals surface area contributed by atoms with Gasteiger partial charge < -0.3 is 10.2 Å². The Kier molecular flexibility index (Phi) is 4.00. The number of hydrogen-bond acceptors (Lipinski definition) is 2. The zero-order valence-electron chi connectivity index (χ0n) is 9.91. The third-order valence-electron chi connectivity index (χ3n) is 3.26. The molecule has 1 fully saturated rings. The molecule has 1 aliphatic heterocycles. The van der Waals surface area contributed by atoms with Crippen LogP contribution in [0.15, 0.2) is 28.7 Å². The molecule has 0 spiro atoms. The van der Waals surface area contributed by atoms with Gasteiger partial charge in [-0.05, 0) is 45.1 Å². The number of rotatable bonds is 3. The predicted molar refractivity (Wildman–Crippen MR) is 71.6 cm³/mol. The molecule has 0 aromatic heterocycles. The molecule has 16 heavy (non-hydrogen) atoms. The molecule has 0 bridgehead atoms. The fourth-order valence-corrected chi connectivity index (χ4v) is 3.07. The van der Waals surface area contributed by atoms with Crippen molar-refractivity contribution in [2.45, 2.75) is 24.9 Å². The first-order chi connectivity index (χ1) is 7.70. The van der Waals surface area contributed by atoms with E-state index in [9.17, 15) is 0 Å². The lowest BCUT2D eigenvalue weighted by Gasteiger charge is -2.31. The fourth-order valence-electron chi connectivity index (χ4n) is 2.55. The molecular formula is C13H19BrN2. The van der Waals surface area contributed by atoms with Crippen molar-refractivity contribution in [2.75, 3.05) is 20.6 Å². The maximum absolute atomic E-state index is 3.66. The van der Waals surface area contributed by atoms with Gasteiger partial charge in [0.1, 0.15) is 0 Å². The minimum absolute atomic E-state index is 0.457. The van der Waals surface area contributed by atoms with Gasteiger partial charge in [0.15, 0.2) is 0 Å². The summed E-state index contributed by atoms with van der Waals surface area (Å²) in [5.74, 6) is 0. The van der Waals surface area contributed by atoms with Gasteiger partial charge in [0.05, 0.1) is 6.04 Å². The summed E-state index contributed by atoms with van der Waals surface area (Å²) in [6.07, 6.45) is 2.56. The first-order valence-electron chi connectivity index (χ1n) is 5.84. The second kappa shape index (κ2) is 5.30. The summed E-state index contributed by atoms with van der Waals surface area (Å²) in [5, 5.41) is 3.60. The van der Waals surface area contributed by atoms with Crippen LogP contribution in [0.1, 0.15) is 24.4 Å². The summed E-state index contributed by atoms with van der Waals surface area (Å²) in [7, 11) is 4.31. The summed E-state index contributed by atoms with van der Waals surface area (Å²) in [6.45, 7) is 1.15. The number of halogens is 1. The third-order valence-corrected chi connectivity index (χ3v) is 3.98. The second-order valence-electron chi connectivity index (χ2n) is 4.63. The van der Waals surface area contributed by atoms with Gasteiger partial charge in [0.2, 0.25) is 0 Å². The Balaban J connectivity index is 2.28. The number of hydrogen-bond donors (Lipinski definition) is 1. The zero-order chi connectivity index (χ0) is 11.5. The largest absolute Gasteiger partial charge is 0.312 e. The highest BCUT2D eigenvalue weighted by atomic mass is 79.9. The molecule has 0 saturated carbocycles. The molecule has 1 heterocycles. The topological polar surface area (TPSA) is 15.3 Å². The first-order valence-corrected chi connectivity index (χ1v) is 6.63. The molecule has 0 aliphatic carbocycles. The van der Waals surface area contributed by atoms with E-state index in [1.165, 1.54) is 22.9 Å². The normalized spacial score (nSPS) is 22.6. The van der Waals surface area contributed by atoms with E-state index >= 15 is 0 Å². The van der Waals surface area contributed by atoms with E-state index < -0.39 is 0 Å². The zero-order valence-corrected chi connectivity index (χ0v) is 11.5. The summed E-state index contributed by atoms with van der Waals surface area (Å²) in [5.41, 5.74) is 1.38. The van der Waals surface area contributed by atoms with Crippen molar-refractivity contribution in [1.82, 2.24) is 10.2 Å². The molecule has 2 nitrogen and oxygen atoms in total. The van der Waals surface area contributed by atoms with Gasteiger partial charge in [0.25, 0.3) is 0 Å². The van der Waals surface area contributed by atoms with Crippen LogP contribution in [-0.2, 0) is 0 Å². The molecule has 0 radical (unpaired) electrons. The molecule has 2 rings (SSSR count). The van der Waals surface area contributed by atoms with E-state index in [4.69, 9.17) is 0 Å². The fraction of sp³-hybridized carbons (Fsp3) is 0.538. The molecular weight excluding hydrogens is 264 g/mol. The van der Waals surface area contributed by atoms with Gasteiger partial charge in [-0.15, -0.1) is 0 Å². The van der Waals surface area contributed by atoms with Gasteiger partial charge >= 0.3 is 0 Å². The lowest BCUT2D eigenvalue weighted by molar-refractivity contribution is 0.243. The van der Waals surface area contributed by atoms with Crippen LogP contribution < -0.4 is 5.32 Å². The molecule has 1 N–H and O–H groups in total. The van der Waals surface area contributed by atoms with Gasteiger partial charge in [-0.2, -0.15) is 0 Å². The van der Waals surface area contributed by atoms with E-state index in [1.54, 1.807) is 0 Å². The van der Waals surface area contributed by atoms with Gasteiger partial charge in [-0.3, -0.25) is 0 Å². The van der Waals surface area contributed by atoms with E-state index in [0.29, 0.717) is 12.1 Å². The quantitative estimate of drug-likeness (QED) is 0.917. The van der Waals surface area contributed by atoms with Crippen molar-refractivity contribution < 1.29 is 0 Å². The van der Waals surface area contributed by atoms with Crippen LogP contribution in [0.2, 0.25) is 0 Å². The molecule has 2 unspecified atom stereocenters. The van der Waals surface area contributed by atoms with Crippen LogP contribution in [-0.4, -0.2) is 31.6 Å². The Hall–Kier alpha value is -0.380. The standard InChI is InChI=1S/C13H19BrN2/c1-16(2)13(12-8-5-9-15-12)10-6-3-4-7-11(10)14/h3-4,6-7,12-13,15H,5,8-9H2,1-2H3. The molecule has 1 aromatic carbocycles. The highest BCUT2D eigenvalue weighted by Crippen LogP contribution is 2.31. The van der Waals surface area contributed by atoms with Crippen LogP contribution in [0.3, 0.4) is 0 Å². The SMILES string of the molecule is CN(C)C(c1ccccc1Br)C1CCCN1. The van der Waals surface area contributed by atoms with Crippen LogP contribution in [0.5, 0.6) is 0 Å². The number of nitrogens with zero attached hydrogens (tertiary/aromatic N) is 1. The summed E-state index contributed by atoms with van der Waals surface area (Å²) in [6, 6.07) is 9.57. The first kappa shape index (κ1) is 12.1. The predicted octanol–water partition coefficient (Wildman–Crippen LogP) is 2.80. The van der Waals surface area contributed by atoms with Gasteiger partial charge in [-0.1, -0.05) is 34.1 Å². The highest BCUT2D eigenvalue weighted by Gasteiger charge is 2.28. The van der Waals surface area contributed by atoms with Crippen molar-refractivity contribution in [2.24, 2.45) is 0 Å². The van der Waals surface area contributed by atoms with Crippen LogP contribution in [0, 0.1) is 0 Å². The van der Waals surface area contributed by atoms with Crippen molar-refractivity contribution in [3.05, 3.63) is 34.3 Å². The lowest BCUT2D eigenvalue weighted by atomic mass is 9.97. The molecule has 88 valence electrons. The minimum atomic E-state index is 0.457. The average molecular weight is 283 g/mol. The molecule has 2 atom stereocenters. The Labute approximate surface area is 106 Å². The van der Waals surface area contributed by atoms with Crippen LogP contribution in [0.4, 0.5) is 0 Å². The number of benzene rings is 1. The van der Waals surface area contributed by atoms with Crippen molar-refractivity contribution in [3.8, 4) is 0 Å². The van der Waals surface area contributed by atoms with Crippen molar-refractivity contribution in [1.29, 1.82) is 0 Å². The second-order valence-corrected chi connectivity index (χ2v) is 5.49. The van der Waals surface area contributed by atoms with Gasteiger partial charge in [0, 0.05) is 10.5 Å². The number of likely N-dealkylation sites (N-methyl/N-ethyl adjacent to an activating group) is 1. The Morgan fingerprint density at radius 2 is 2.12 bits per heavy atom. The molecule has 0 amide bonds. The molecule has 1 aliphatic rings. The maximum atomic E-state index is 3.66. The molecule has 1 saturated heterocycles.